The number of rotatable bonds is 2. The third-order valence-electron chi connectivity index (χ3n) is 5.91. The number of likely N-dealkylation sites (tertiary alicyclic amines) is 1. The number of fused-ring (bicyclic) bond motifs is 6. The number of aromatic amines is 1. The minimum atomic E-state index is -0.586. The van der Waals surface area contributed by atoms with E-state index in [9.17, 15) is 9.90 Å². The number of nitrogens with one attached hydrogen (secondary N) is 1. The van der Waals surface area contributed by atoms with Crippen molar-refractivity contribution in [2.45, 2.75) is 37.5 Å². The van der Waals surface area contributed by atoms with Crippen LogP contribution in [0.25, 0.3) is 10.9 Å². The Balaban J connectivity index is 1.39. The highest BCUT2D eigenvalue weighted by molar-refractivity contribution is 5.85. The number of aliphatic hydroxyl groups is 1. The second kappa shape index (κ2) is 6.43. The van der Waals surface area contributed by atoms with Gasteiger partial charge in [-0.25, -0.2) is 4.79 Å². The van der Waals surface area contributed by atoms with Crippen LogP contribution >= 0.6 is 0 Å². The van der Waals surface area contributed by atoms with Crippen LogP contribution in [0.1, 0.15) is 29.2 Å². The van der Waals surface area contributed by atoms with Crippen LogP contribution in [-0.2, 0) is 17.8 Å². The largest absolute Gasteiger partial charge is 0.445 e. The molecule has 3 atom stereocenters. The number of H-pyrrole nitrogens is 1. The second-order valence-corrected chi connectivity index (χ2v) is 7.52. The third-order valence-corrected chi connectivity index (χ3v) is 5.91. The van der Waals surface area contributed by atoms with Crippen molar-refractivity contribution in [1.29, 1.82) is 0 Å². The first-order valence-electron chi connectivity index (χ1n) is 9.45. The molecule has 5 rings (SSSR count). The van der Waals surface area contributed by atoms with E-state index in [-0.39, 0.29) is 24.7 Å². The molecule has 0 radical (unpaired) electrons. The molecule has 2 bridgehead atoms. The van der Waals surface area contributed by atoms with Gasteiger partial charge in [0.1, 0.15) is 6.61 Å². The second-order valence-electron chi connectivity index (χ2n) is 7.52. The van der Waals surface area contributed by atoms with Crippen molar-refractivity contribution in [2.24, 2.45) is 0 Å². The van der Waals surface area contributed by atoms with Crippen molar-refractivity contribution in [3.8, 4) is 0 Å². The number of nitrogens with zero attached hydrogens (tertiary/aromatic N) is 1. The Labute approximate surface area is 157 Å². The van der Waals surface area contributed by atoms with Gasteiger partial charge in [-0.15, -0.1) is 0 Å². The molecule has 2 heterocycles. The average molecular weight is 362 g/mol. The summed E-state index contributed by atoms with van der Waals surface area (Å²) in [5, 5.41) is 11.9. The van der Waals surface area contributed by atoms with Crippen LogP contribution in [-0.4, -0.2) is 39.8 Å². The Kier molecular flexibility index (Phi) is 3.90. The summed E-state index contributed by atoms with van der Waals surface area (Å²) < 4.78 is 5.53. The molecule has 0 spiro atoms. The number of amides is 1. The molecule has 138 valence electrons. The molecule has 1 fully saturated rings. The molecule has 2 aromatic carbocycles. The van der Waals surface area contributed by atoms with E-state index in [4.69, 9.17) is 4.74 Å². The Hall–Kier alpha value is -2.79. The summed E-state index contributed by atoms with van der Waals surface area (Å²) >= 11 is 0. The highest BCUT2D eigenvalue weighted by Crippen LogP contribution is 2.42. The van der Waals surface area contributed by atoms with E-state index in [1.54, 1.807) is 4.90 Å². The number of carbonyl (C=O) groups excluding carboxylic acids is 1. The zero-order valence-electron chi connectivity index (χ0n) is 15.0. The summed E-state index contributed by atoms with van der Waals surface area (Å²) in [5.41, 5.74) is 4.42. The quantitative estimate of drug-likeness (QED) is 0.732. The van der Waals surface area contributed by atoms with E-state index >= 15 is 0 Å². The number of aromatic nitrogens is 1. The molecule has 1 amide bonds. The van der Waals surface area contributed by atoms with Gasteiger partial charge in [0, 0.05) is 28.6 Å². The SMILES string of the molecule is O=C(OCc1ccccc1)N1C[C@H](O)[C@H]2C[C@@H]1Cc1c2[nH]c2ccccc12. The van der Waals surface area contributed by atoms with Crippen molar-refractivity contribution in [1.82, 2.24) is 9.88 Å². The number of hydrogen-bond acceptors (Lipinski definition) is 3. The number of β-amino-alcohol motifs (C(OH)–C–C–N with tert-alkyl or cyclic N) is 1. The third kappa shape index (κ3) is 2.79. The zero-order chi connectivity index (χ0) is 18.4. The fraction of sp³-hybridized carbons (Fsp3) is 0.318. The van der Waals surface area contributed by atoms with Gasteiger partial charge in [-0.05, 0) is 30.0 Å². The van der Waals surface area contributed by atoms with Crippen LogP contribution in [0.3, 0.4) is 0 Å². The van der Waals surface area contributed by atoms with Crippen molar-refractivity contribution >= 4 is 17.0 Å². The normalized spacial score (nSPS) is 23.9. The van der Waals surface area contributed by atoms with E-state index in [1.807, 2.05) is 42.5 Å². The molecule has 27 heavy (non-hydrogen) atoms. The number of ether oxygens (including phenoxy) is 1. The van der Waals surface area contributed by atoms with Gasteiger partial charge in [0.2, 0.25) is 0 Å². The van der Waals surface area contributed by atoms with Crippen LogP contribution in [0, 0.1) is 0 Å². The van der Waals surface area contributed by atoms with Crippen LogP contribution in [0.15, 0.2) is 54.6 Å². The molecule has 0 unspecified atom stereocenters. The van der Waals surface area contributed by atoms with Gasteiger partial charge in [-0.1, -0.05) is 48.5 Å². The number of aliphatic hydroxyl groups excluding tert-OH is 1. The van der Waals surface area contributed by atoms with E-state index in [0.29, 0.717) is 6.54 Å². The lowest BCUT2D eigenvalue weighted by molar-refractivity contribution is 0.00276. The lowest BCUT2D eigenvalue weighted by Crippen LogP contribution is -2.54. The lowest BCUT2D eigenvalue weighted by atomic mass is 9.77. The summed E-state index contributed by atoms with van der Waals surface area (Å²) in [7, 11) is 0. The first-order valence-corrected chi connectivity index (χ1v) is 9.45. The highest BCUT2D eigenvalue weighted by Gasteiger charge is 2.44. The number of benzene rings is 2. The summed E-state index contributed by atoms with van der Waals surface area (Å²) in [6.07, 6.45) is 0.632. The van der Waals surface area contributed by atoms with E-state index in [2.05, 4.69) is 17.1 Å². The summed E-state index contributed by atoms with van der Waals surface area (Å²) in [5.74, 6) is 0.0457. The topological polar surface area (TPSA) is 65.6 Å². The molecule has 1 aromatic heterocycles. The fourth-order valence-electron chi connectivity index (χ4n) is 4.58. The maximum atomic E-state index is 12.7. The molecule has 1 saturated heterocycles. The Bertz CT molecular complexity index is 982. The molecule has 5 nitrogen and oxygen atoms in total. The van der Waals surface area contributed by atoms with Crippen molar-refractivity contribution in [2.75, 3.05) is 6.54 Å². The number of para-hydroxylation sites is 1. The first kappa shape index (κ1) is 16.4. The minimum Gasteiger partial charge on any atom is -0.445 e. The first-order chi connectivity index (χ1) is 13.2. The monoisotopic (exact) mass is 362 g/mol. The van der Waals surface area contributed by atoms with Crippen molar-refractivity contribution < 1.29 is 14.6 Å². The molecular formula is C22H22N2O3. The smallest absolute Gasteiger partial charge is 0.410 e. The van der Waals surface area contributed by atoms with Gasteiger partial charge in [0.05, 0.1) is 12.6 Å². The zero-order valence-corrected chi connectivity index (χ0v) is 15.0. The Morgan fingerprint density at radius 1 is 1.15 bits per heavy atom. The lowest BCUT2D eigenvalue weighted by Gasteiger charge is -2.44. The van der Waals surface area contributed by atoms with Gasteiger partial charge < -0.3 is 19.7 Å². The van der Waals surface area contributed by atoms with Crippen LogP contribution in [0.4, 0.5) is 4.79 Å². The van der Waals surface area contributed by atoms with Crippen molar-refractivity contribution in [3.63, 3.8) is 0 Å². The van der Waals surface area contributed by atoms with Gasteiger partial charge in [0.25, 0.3) is 0 Å². The molecular weight excluding hydrogens is 340 g/mol. The minimum absolute atomic E-state index is 0.0457. The van der Waals surface area contributed by atoms with E-state index in [0.717, 1.165) is 29.6 Å². The van der Waals surface area contributed by atoms with Gasteiger partial charge in [-0.2, -0.15) is 0 Å². The average Bonchev–Trinajstić information content (AvgIpc) is 3.08. The van der Waals surface area contributed by atoms with Gasteiger partial charge in [0.15, 0.2) is 0 Å². The summed E-state index contributed by atoms with van der Waals surface area (Å²) in [6, 6.07) is 18.0. The predicted octanol–water partition coefficient (Wildman–Crippen LogP) is 3.58. The Morgan fingerprint density at radius 2 is 1.93 bits per heavy atom. The molecule has 2 aliphatic rings. The number of hydrogen-bond donors (Lipinski definition) is 2. The molecule has 2 N–H and O–H groups in total. The van der Waals surface area contributed by atoms with E-state index in [1.165, 1.54) is 10.9 Å². The standard InChI is InChI=1S/C22H22N2O3/c25-20-12-24(22(26)27-13-14-6-2-1-3-7-14)15-10-17-16-8-4-5-9-19(16)23-21(17)18(20)11-15/h1-9,15,18,20,23,25H,10-13H2/t15-,18+,20-/m0/s1. The molecule has 5 heteroatoms. The number of carbonyl (C=O) groups is 1. The van der Waals surface area contributed by atoms with Gasteiger partial charge in [-0.3, -0.25) is 0 Å². The fourth-order valence-corrected chi connectivity index (χ4v) is 4.58. The van der Waals surface area contributed by atoms with Crippen LogP contribution < -0.4 is 0 Å². The Morgan fingerprint density at radius 3 is 2.78 bits per heavy atom. The molecule has 1 aliphatic heterocycles. The maximum absolute atomic E-state index is 12.7. The number of piperidine rings is 1. The predicted molar refractivity (Wildman–Crippen MR) is 102 cm³/mol. The molecule has 0 saturated carbocycles. The van der Waals surface area contributed by atoms with E-state index < -0.39 is 6.10 Å². The highest BCUT2D eigenvalue weighted by atomic mass is 16.6. The molecule has 1 aliphatic carbocycles. The maximum Gasteiger partial charge on any atom is 0.410 e. The molecule has 3 aromatic rings. The van der Waals surface area contributed by atoms with Gasteiger partial charge >= 0.3 is 6.09 Å². The summed E-state index contributed by atoms with van der Waals surface area (Å²) in [6.45, 7) is 0.568. The summed E-state index contributed by atoms with van der Waals surface area (Å²) in [4.78, 5) is 17.9. The van der Waals surface area contributed by atoms with Crippen LogP contribution in [0.2, 0.25) is 0 Å². The van der Waals surface area contributed by atoms with Crippen LogP contribution in [0.5, 0.6) is 0 Å². The van der Waals surface area contributed by atoms with Crippen molar-refractivity contribution in [3.05, 3.63) is 71.4 Å².